The first kappa shape index (κ1) is 18.5. The smallest absolute Gasteiger partial charge is 0.256 e. The molecule has 1 atom stereocenters. The lowest BCUT2D eigenvalue weighted by Crippen LogP contribution is -2.37. The number of amides is 1. The van der Waals surface area contributed by atoms with Gasteiger partial charge >= 0.3 is 0 Å². The number of carbonyl (C=O) groups is 2. The zero-order valence-corrected chi connectivity index (χ0v) is 15.3. The van der Waals surface area contributed by atoms with E-state index in [1.807, 2.05) is 12.1 Å². The van der Waals surface area contributed by atoms with Crippen molar-refractivity contribution in [3.05, 3.63) is 64.9 Å². The summed E-state index contributed by atoms with van der Waals surface area (Å²) in [5, 5.41) is 0.976. The molecule has 0 N–H and O–H groups in total. The predicted octanol–water partition coefficient (Wildman–Crippen LogP) is 3.61. The van der Waals surface area contributed by atoms with Crippen molar-refractivity contribution in [3.63, 3.8) is 0 Å². The predicted molar refractivity (Wildman–Crippen MR) is 103 cm³/mol. The van der Waals surface area contributed by atoms with Gasteiger partial charge in [0.05, 0.1) is 5.69 Å². The summed E-state index contributed by atoms with van der Waals surface area (Å²) in [6.45, 7) is 0.488. The maximum atomic E-state index is 13.2. The Morgan fingerprint density at radius 2 is 1.77 bits per heavy atom. The van der Waals surface area contributed by atoms with Crippen molar-refractivity contribution in [1.82, 2.24) is 4.90 Å². The van der Waals surface area contributed by atoms with Crippen LogP contribution in [0.1, 0.15) is 12.0 Å². The lowest BCUT2D eigenvalue weighted by molar-refractivity contribution is -0.122. The van der Waals surface area contributed by atoms with E-state index in [1.165, 1.54) is 29.2 Å². The monoisotopic (exact) mass is 390 g/mol. The van der Waals surface area contributed by atoms with Gasteiger partial charge in [-0.25, -0.2) is 4.39 Å². The van der Waals surface area contributed by atoms with Crippen LogP contribution in [-0.4, -0.2) is 34.8 Å². The summed E-state index contributed by atoms with van der Waals surface area (Å²) in [5.41, 5.74) is 1.54. The molecule has 0 aromatic heterocycles. The van der Waals surface area contributed by atoms with Gasteiger partial charge in [-0.15, -0.1) is 0 Å². The first-order chi connectivity index (χ1) is 12.5. The molecule has 0 radical (unpaired) electrons. The van der Waals surface area contributed by atoms with Crippen LogP contribution in [0.2, 0.25) is 5.02 Å². The second kappa shape index (κ2) is 7.93. The van der Waals surface area contributed by atoms with E-state index in [-0.39, 0.29) is 12.3 Å². The lowest BCUT2D eigenvalue weighted by Gasteiger charge is -2.23. The minimum atomic E-state index is -0.641. The third-order valence-electron chi connectivity index (χ3n) is 4.28. The summed E-state index contributed by atoms with van der Waals surface area (Å²) < 4.78 is 13.2. The molecule has 134 valence electrons. The second-order valence-electron chi connectivity index (χ2n) is 5.92. The van der Waals surface area contributed by atoms with Crippen LogP contribution in [0.4, 0.5) is 10.1 Å². The standard InChI is InChI=1S/C19H16ClFN2O2S/c20-14-3-1-13(2-4-14)9-11-22-17(10-12-24)18(25)23(19(22)26)16-7-5-15(21)6-8-16/h1-8,12,17H,9-11H2. The summed E-state index contributed by atoms with van der Waals surface area (Å²) in [7, 11) is 0. The largest absolute Gasteiger partial charge is 0.336 e. The third-order valence-corrected chi connectivity index (χ3v) is 4.95. The maximum absolute atomic E-state index is 13.2. The minimum Gasteiger partial charge on any atom is -0.336 e. The van der Waals surface area contributed by atoms with Crippen molar-refractivity contribution in [2.75, 3.05) is 11.4 Å². The van der Waals surface area contributed by atoms with Crippen LogP contribution < -0.4 is 4.90 Å². The van der Waals surface area contributed by atoms with Crippen LogP contribution >= 0.6 is 23.8 Å². The van der Waals surface area contributed by atoms with Gasteiger partial charge in [0.15, 0.2) is 5.11 Å². The van der Waals surface area contributed by atoms with Crippen LogP contribution in [0.15, 0.2) is 48.5 Å². The molecule has 1 unspecified atom stereocenters. The number of anilines is 1. The number of nitrogens with zero attached hydrogens (tertiary/aromatic N) is 2. The van der Waals surface area contributed by atoms with Crippen molar-refractivity contribution < 1.29 is 14.0 Å². The quantitative estimate of drug-likeness (QED) is 0.558. The molecule has 0 bridgehead atoms. The van der Waals surface area contributed by atoms with E-state index in [0.717, 1.165) is 5.56 Å². The average Bonchev–Trinajstić information content (AvgIpc) is 2.86. The van der Waals surface area contributed by atoms with Crippen LogP contribution in [0.5, 0.6) is 0 Å². The minimum absolute atomic E-state index is 0.0529. The molecule has 1 aliphatic heterocycles. The van der Waals surface area contributed by atoms with Gasteiger partial charge in [-0.1, -0.05) is 23.7 Å². The summed E-state index contributed by atoms with van der Waals surface area (Å²) in [6, 6.07) is 12.3. The van der Waals surface area contributed by atoms with Crippen LogP contribution in [0.3, 0.4) is 0 Å². The Bertz CT molecular complexity index is 826. The Kier molecular flexibility index (Phi) is 5.64. The summed E-state index contributed by atoms with van der Waals surface area (Å²) >= 11 is 11.4. The lowest BCUT2D eigenvalue weighted by atomic mass is 10.1. The highest BCUT2D eigenvalue weighted by atomic mass is 35.5. The Morgan fingerprint density at radius 1 is 1.12 bits per heavy atom. The fraction of sp³-hybridized carbons (Fsp3) is 0.211. The zero-order chi connectivity index (χ0) is 18.7. The molecule has 26 heavy (non-hydrogen) atoms. The molecule has 3 rings (SSSR count). The molecule has 0 saturated carbocycles. The fourth-order valence-electron chi connectivity index (χ4n) is 2.94. The van der Waals surface area contributed by atoms with E-state index >= 15 is 0 Å². The number of carbonyl (C=O) groups excluding carboxylic acids is 2. The van der Waals surface area contributed by atoms with Gasteiger partial charge in [-0.2, -0.15) is 0 Å². The van der Waals surface area contributed by atoms with E-state index in [9.17, 15) is 14.0 Å². The van der Waals surface area contributed by atoms with E-state index in [0.29, 0.717) is 35.1 Å². The molecule has 2 aromatic carbocycles. The van der Waals surface area contributed by atoms with E-state index < -0.39 is 11.9 Å². The number of benzene rings is 2. The molecule has 0 aliphatic carbocycles. The van der Waals surface area contributed by atoms with Crippen molar-refractivity contribution in [2.24, 2.45) is 0 Å². The average molecular weight is 391 g/mol. The van der Waals surface area contributed by atoms with Crippen molar-refractivity contribution in [2.45, 2.75) is 18.9 Å². The molecular weight excluding hydrogens is 375 g/mol. The highest BCUT2D eigenvalue weighted by Gasteiger charge is 2.42. The number of aldehydes is 1. The molecule has 1 fully saturated rings. The summed E-state index contributed by atoms with van der Waals surface area (Å²) in [6.07, 6.45) is 1.42. The fourth-order valence-corrected chi connectivity index (χ4v) is 3.48. The Hall–Kier alpha value is -2.31. The third kappa shape index (κ3) is 3.76. The zero-order valence-electron chi connectivity index (χ0n) is 13.8. The summed E-state index contributed by atoms with van der Waals surface area (Å²) in [4.78, 5) is 27.0. The SMILES string of the molecule is O=CCC1C(=O)N(c2ccc(F)cc2)C(=S)N1CCc1ccc(Cl)cc1. The Balaban J connectivity index is 1.81. The summed E-state index contributed by atoms with van der Waals surface area (Å²) in [5.74, 6) is -0.667. The Morgan fingerprint density at radius 3 is 2.38 bits per heavy atom. The van der Waals surface area contributed by atoms with Gasteiger partial charge in [0, 0.05) is 18.0 Å². The highest BCUT2D eigenvalue weighted by Crippen LogP contribution is 2.27. The molecule has 0 spiro atoms. The molecule has 4 nitrogen and oxygen atoms in total. The van der Waals surface area contributed by atoms with Crippen LogP contribution in [0, 0.1) is 5.82 Å². The first-order valence-electron chi connectivity index (χ1n) is 8.09. The number of hydrogen-bond acceptors (Lipinski definition) is 3. The van der Waals surface area contributed by atoms with E-state index in [4.69, 9.17) is 23.8 Å². The molecule has 1 heterocycles. The van der Waals surface area contributed by atoms with Gasteiger partial charge in [0.25, 0.3) is 5.91 Å². The van der Waals surface area contributed by atoms with Gasteiger partial charge in [-0.05, 0) is 60.6 Å². The normalized spacial score (nSPS) is 17.1. The van der Waals surface area contributed by atoms with Crippen molar-refractivity contribution in [3.8, 4) is 0 Å². The molecule has 1 aliphatic rings. The molecule has 7 heteroatoms. The van der Waals surface area contributed by atoms with Crippen molar-refractivity contribution in [1.29, 1.82) is 0 Å². The van der Waals surface area contributed by atoms with E-state index in [1.54, 1.807) is 17.0 Å². The molecular formula is C19H16ClFN2O2S. The van der Waals surface area contributed by atoms with Crippen LogP contribution in [-0.2, 0) is 16.0 Å². The molecule has 1 amide bonds. The van der Waals surface area contributed by atoms with Gasteiger partial charge in [-0.3, -0.25) is 9.69 Å². The van der Waals surface area contributed by atoms with Gasteiger partial charge in [0.2, 0.25) is 0 Å². The molecule has 2 aromatic rings. The van der Waals surface area contributed by atoms with E-state index in [2.05, 4.69) is 0 Å². The topological polar surface area (TPSA) is 40.6 Å². The highest BCUT2D eigenvalue weighted by molar-refractivity contribution is 7.80. The van der Waals surface area contributed by atoms with Crippen LogP contribution in [0.25, 0.3) is 0 Å². The maximum Gasteiger partial charge on any atom is 0.256 e. The number of rotatable bonds is 6. The number of halogens is 2. The van der Waals surface area contributed by atoms with Crippen molar-refractivity contribution >= 4 is 46.8 Å². The van der Waals surface area contributed by atoms with Gasteiger partial charge in [0.1, 0.15) is 18.1 Å². The second-order valence-corrected chi connectivity index (χ2v) is 6.72. The molecule has 1 saturated heterocycles. The number of thiocarbonyl (C=S) groups is 1. The van der Waals surface area contributed by atoms with Gasteiger partial charge < -0.3 is 9.69 Å². The number of hydrogen-bond donors (Lipinski definition) is 0. The first-order valence-corrected chi connectivity index (χ1v) is 8.88. The Labute approximate surface area is 161 Å².